The van der Waals surface area contributed by atoms with Gasteiger partial charge in [0, 0.05) is 76.8 Å². The average Bonchev–Trinajstić information content (AvgIpc) is 4.42. The molecule has 0 radical (unpaired) electrons. The maximum Gasteiger partial charge on any atom is 0.166 e. The first-order valence-electron chi connectivity index (χ1n) is 26.2. The van der Waals surface area contributed by atoms with Crippen LogP contribution in [0.4, 0.5) is 0 Å². The van der Waals surface area contributed by atoms with Crippen LogP contribution in [-0.4, -0.2) is 33.2 Å². The maximum absolute atomic E-state index is 5.52. The number of nitrogens with zero attached hydrogens (tertiary/aromatic N) is 7. The van der Waals surface area contributed by atoms with Crippen LogP contribution >= 0.6 is 0 Å². The van der Waals surface area contributed by atoms with Gasteiger partial charge >= 0.3 is 0 Å². The number of aryl methyl sites for hydroxylation is 1. The highest BCUT2D eigenvalue weighted by atomic mass is 15.1. The molecule has 0 fully saturated rings. The van der Waals surface area contributed by atoms with Crippen molar-refractivity contribution in [1.29, 1.82) is 0 Å². The standard InChI is InChI=1S/C70H45N7/c1-44-41-62-65(52-34-18-21-37-57(52)74(62)47-27-11-4-12-28-47)67-63(44)54-42-61(77-58-38-22-19-35-53(58)64-59(77)40-39-51-50-33-17-20-36-56(50)75(66(51)64)48-29-13-5-14-30-48)55(43-60(54)76(67)49-31-15-6-16-32-49)70-72-68(45-23-7-2-8-24-45)71-69(73-70)46-25-9-3-10-26-46/h2-43H,1H3. The van der Waals surface area contributed by atoms with Gasteiger partial charge in [0.05, 0.1) is 49.8 Å². The first kappa shape index (κ1) is 43.1. The van der Waals surface area contributed by atoms with Gasteiger partial charge in [0.25, 0.3) is 0 Å². The van der Waals surface area contributed by atoms with E-state index >= 15 is 0 Å². The normalized spacial score (nSPS) is 12.0. The molecular weight excluding hydrogens is 939 g/mol. The van der Waals surface area contributed by atoms with E-state index in [1.807, 2.05) is 36.4 Å². The summed E-state index contributed by atoms with van der Waals surface area (Å²) in [5, 5.41) is 9.45. The van der Waals surface area contributed by atoms with Crippen molar-refractivity contribution in [3.05, 3.63) is 260 Å². The quantitative estimate of drug-likeness (QED) is 0.160. The van der Waals surface area contributed by atoms with E-state index in [9.17, 15) is 0 Å². The molecular formula is C70H45N7. The summed E-state index contributed by atoms with van der Waals surface area (Å²) in [6, 6.07) is 91.3. The molecule has 0 aliphatic carbocycles. The molecule has 0 aliphatic heterocycles. The SMILES string of the molecule is Cc1cc2c(c3ccccc3n2-c2ccccc2)c2c1c1cc(-n3c4ccccc4c4c3ccc3c5ccccc5n(-c5ccccc5)c34)c(-c3nc(-c4ccccc4)nc(-c4ccccc4)n3)cc1n2-c1ccccc1. The van der Waals surface area contributed by atoms with Gasteiger partial charge in [0.1, 0.15) is 0 Å². The molecule has 77 heavy (non-hydrogen) atoms. The Morgan fingerprint density at radius 1 is 0.273 bits per heavy atom. The highest BCUT2D eigenvalue weighted by Gasteiger charge is 2.28. The molecule has 0 unspecified atom stereocenters. The minimum atomic E-state index is 0.576. The Balaban J connectivity index is 1.11. The molecule has 0 saturated heterocycles. The summed E-state index contributed by atoms with van der Waals surface area (Å²) < 4.78 is 9.84. The molecule has 0 bridgehead atoms. The number of rotatable bonds is 7. The van der Waals surface area contributed by atoms with Crippen molar-refractivity contribution in [1.82, 2.24) is 33.2 Å². The fourth-order valence-electron chi connectivity index (χ4n) is 12.5. The van der Waals surface area contributed by atoms with Crippen molar-refractivity contribution in [2.24, 2.45) is 0 Å². The van der Waals surface area contributed by atoms with E-state index in [4.69, 9.17) is 15.0 Å². The van der Waals surface area contributed by atoms with Crippen LogP contribution in [0.25, 0.3) is 144 Å². The van der Waals surface area contributed by atoms with Gasteiger partial charge in [-0.1, -0.05) is 176 Å². The van der Waals surface area contributed by atoms with Crippen molar-refractivity contribution in [3.8, 4) is 56.9 Å². The van der Waals surface area contributed by atoms with Crippen LogP contribution in [0.5, 0.6) is 0 Å². The number of para-hydroxylation sites is 6. The Labute approximate surface area is 442 Å². The third-order valence-corrected chi connectivity index (χ3v) is 15.7. The van der Waals surface area contributed by atoms with E-state index in [1.54, 1.807) is 0 Å². The van der Waals surface area contributed by atoms with Gasteiger partial charge in [-0.2, -0.15) is 0 Å². The van der Waals surface area contributed by atoms with E-state index in [2.05, 4.69) is 244 Å². The molecule has 11 aromatic carbocycles. The first-order valence-corrected chi connectivity index (χ1v) is 26.2. The predicted octanol–water partition coefficient (Wildman–Crippen LogP) is 17.6. The third-order valence-electron chi connectivity index (χ3n) is 15.7. The smallest absolute Gasteiger partial charge is 0.166 e. The van der Waals surface area contributed by atoms with Gasteiger partial charge in [-0.3, -0.25) is 0 Å². The van der Waals surface area contributed by atoms with Gasteiger partial charge in [-0.05, 0) is 91.3 Å². The zero-order valence-electron chi connectivity index (χ0n) is 41.9. The number of hydrogen-bond donors (Lipinski definition) is 0. The molecule has 360 valence electrons. The molecule has 0 N–H and O–H groups in total. The second kappa shape index (κ2) is 16.8. The molecule has 0 spiro atoms. The maximum atomic E-state index is 5.52. The fourth-order valence-corrected chi connectivity index (χ4v) is 12.5. The van der Waals surface area contributed by atoms with Crippen LogP contribution in [0.15, 0.2) is 255 Å². The van der Waals surface area contributed by atoms with Crippen LogP contribution in [0, 0.1) is 6.92 Å². The Kier molecular flexibility index (Phi) is 9.41. The highest BCUT2D eigenvalue weighted by Crippen LogP contribution is 2.48. The lowest BCUT2D eigenvalue weighted by atomic mass is 10.0. The minimum absolute atomic E-state index is 0.576. The van der Waals surface area contributed by atoms with E-state index in [0.717, 1.165) is 88.8 Å². The number of fused-ring (bicyclic) bond motifs is 14. The lowest BCUT2D eigenvalue weighted by Gasteiger charge is -2.16. The van der Waals surface area contributed by atoms with Crippen LogP contribution in [0.3, 0.4) is 0 Å². The largest absolute Gasteiger partial charge is 0.309 e. The molecule has 0 atom stereocenters. The monoisotopic (exact) mass is 983 g/mol. The van der Waals surface area contributed by atoms with Crippen molar-refractivity contribution in [2.75, 3.05) is 0 Å². The Morgan fingerprint density at radius 3 is 1.29 bits per heavy atom. The highest BCUT2D eigenvalue weighted by molar-refractivity contribution is 6.29. The Hall–Kier alpha value is -10.4. The van der Waals surface area contributed by atoms with Gasteiger partial charge in [-0.15, -0.1) is 0 Å². The zero-order valence-corrected chi connectivity index (χ0v) is 41.9. The molecule has 0 aliphatic rings. The van der Waals surface area contributed by atoms with Gasteiger partial charge in [0.2, 0.25) is 0 Å². The Bertz CT molecular complexity index is 4960. The summed E-state index contributed by atoms with van der Waals surface area (Å²) in [6.07, 6.45) is 0. The Morgan fingerprint density at radius 2 is 0.714 bits per heavy atom. The summed E-state index contributed by atoms with van der Waals surface area (Å²) in [5.74, 6) is 1.78. The van der Waals surface area contributed by atoms with E-state index in [1.165, 1.54) is 43.4 Å². The van der Waals surface area contributed by atoms with Crippen molar-refractivity contribution < 1.29 is 0 Å². The van der Waals surface area contributed by atoms with Crippen LogP contribution in [0.2, 0.25) is 0 Å². The predicted molar refractivity (Wildman–Crippen MR) is 318 cm³/mol. The van der Waals surface area contributed by atoms with Crippen LogP contribution < -0.4 is 0 Å². The van der Waals surface area contributed by atoms with Gasteiger partial charge in [-0.25, -0.2) is 15.0 Å². The third kappa shape index (κ3) is 6.41. The fraction of sp³-hybridized carbons (Fsp3) is 0.0143. The molecule has 5 aromatic heterocycles. The number of aromatic nitrogens is 7. The molecule has 7 nitrogen and oxygen atoms in total. The molecule has 5 heterocycles. The minimum Gasteiger partial charge on any atom is -0.309 e. The topological polar surface area (TPSA) is 58.4 Å². The summed E-state index contributed by atoms with van der Waals surface area (Å²) in [4.78, 5) is 16.2. The first-order chi connectivity index (χ1) is 38.2. The number of benzene rings is 11. The van der Waals surface area contributed by atoms with E-state index in [-0.39, 0.29) is 0 Å². The summed E-state index contributed by atoms with van der Waals surface area (Å²) in [5.41, 5.74) is 17.1. The van der Waals surface area contributed by atoms with E-state index < -0.39 is 0 Å². The lowest BCUT2D eigenvalue weighted by molar-refractivity contribution is 1.06. The summed E-state index contributed by atoms with van der Waals surface area (Å²) in [6.45, 7) is 2.28. The lowest BCUT2D eigenvalue weighted by Crippen LogP contribution is -2.04. The van der Waals surface area contributed by atoms with E-state index in [0.29, 0.717) is 17.5 Å². The van der Waals surface area contributed by atoms with Crippen molar-refractivity contribution in [2.45, 2.75) is 6.92 Å². The molecule has 0 amide bonds. The average molecular weight is 984 g/mol. The van der Waals surface area contributed by atoms with Crippen LogP contribution in [0.1, 0.15) is 5.56 Å². The molecule has 16 rings (SSSR count). The number of hydrogen-bond acceptors (Lipinski definition) is 3. The summed E-state index contributed by atoms with van der Waals surface area (Å²) >= 11 is 0. The molecule has 0 saturated carbocycles. The zero-order chi connectivity index (χ0) is 50.7. The summed E-state index contributed by atoms with van der Waals surface area (Å²) in [7, 11) is 0. The van der Waals surface area contributed by atoms with Gasteiger partial charge in [0.15, 0.2) is 17.5 Å². The van der Waals surface area contributed by atoms with Gasteiger partial charge < -0.3 is 18.3 Å². The molecule has 7 heteroatoms. The van der Waals surface area contributed by atoms with Crippen LogP contribution in [-0.2, 0) is 0 Å². The molecule has 16 aromatic rings. The van der Waals surface area contributed by atoms with Crippen molar-refractivity contribution in [3.63, 3.8) is 0 Å². The van der Waals surface area contributed by atoms with Crippen molar-refractivity contribution >= 4 is 87.2 Å². The second-order valence-electron chi connectivity index (χ2n) is 20.0. The second-order valence-corrected chi connectivity index (χ2v) is 20.0.